The molecule has 3 aromatic rings. The van der Waals surface area contributed by atoms with E-state index in [0.717, 1.165) is 4.70 Å². The van der Waals surface area contributed by atoms with Crippen LogP contribution in [0.2, 0.25) is 5.02 Å². The molecule has 0 aliphatic carbocycles. The summed E-state index contributed by atoms with van der Waals surface area (Å²) in [7, 11) is 1.69. The number of ether oxygens (including phenoxy) is 1. The normalized spacial score (nSPS) is 20.1. The van der Waals surface area contributed by atoms with Crippen molar-refractivity contribution >= 4 is 67.4 Å². The number of hydrogen-bond donors (Lipinski definition) is 4. The lowest BCUT2D eigenvalue weighted by molar-refractivity contribution is -0.146. The number of nitrogens with one attached hydrogen (secondary N) is 2. The Morgan fingerprint density at radius 1 is 1.25 bits per heavy atom. The molecular formula is C23H23ClN6O5S. The van der Waals surface area contributed by atoms with Crippen LogP contribution in [-0.2, 0) is 14.3 Å². The van der Waals surface area contributed by atoms with E-state index < -0.39 is 29.5 Å². The molecule has 0 radical (unpaired) electrons. The molecule has 0 spiro atoms. The number of fused-ring (bicyclic) bond motifs is 2. The SMILES string of the molecule is CN1c2ccc(C(=O)O)cc2NC1(Nc1nc2ccc(Cl)cc2s1)C(C(N)=O)C(=O)N1CCOCC1. The maximum absolute atomic E-state index is 13.7. The van der Waals surface area contributed by atoms with Gasteiger partial charge in [0.05, 0.1) is 40.4 Å². The van der Waals surface area contributed by atoms with Gasteiger partial charge < -0.3 is 36.0 Å². The van der Waals surface area contributed by atoms with Crippen molar-refractivity contribution in [3.63, 3.8) is 0 Å². The first-order chi connectivity index (χ1) is 17.2. The molecule has 2 atom stereocenters. The average Bonchev–Trinajstić information content (AvgIpc) is 3.36. The minimum atomic E-state index is -1.57. The number of halogens is 1. The second-order valence-corrected chi connectivity index (χ2v) is 9.98. The van der Waals surface area contributed by atoms with Crippen LogP contribution < -0.4 is 21.3 Å². The minimum Gasteiger partial charge on any atom is -0.478 e. The van der Waals surface area contributed by atoms with Crippen LogP contribution in [0.15, 0.2) is 36.4 Å². The molecular weight excluding hydrogens is 508 g/mol. The van der Waals surface area contributed by atoms with Gasteiger partial charge in [0.15, 0.2) is 11.0 Å². The summed E-state index contributed by atoms with van der Waals surface area (Å²) in [5.41, 5.74) is 7.62. The Morgan fingerprint density at radius 2 is 2.00 bits per heavy atom. The van der Waals surface area contributed by atoms with Crippen molar-refractivity contribution in [1.82, 2.24) is 9.88 Å². The van der Waals surface area contributed by atoms with Gasteiger partial charge in [0, 0.05) is 25.2 Å². The lowest BCUT2D eigenvalue weighted by atomic mass is 9.96. The monoisotopic (exact) mass is 530 g/mol. The summed E-state index contributed by atoms with van der Waals surface area (Å²) >= 11 is 7.44. The molecule has 188 valence electrons. The summed E-state index contributed by atoms with van der Waals surface area (Å²) in [6.07, 6.45) is 0. The van der Waals surface area contributed by atoms with Gasteiger partial charge >= 0.3 is 5.97 Å². The number of carbonyl (C=O) groups excluding carboxylic acids is 2. The van der Waals surface area contributed by atoms with Crippen LogP contribution in [0, 0.1) is 5.92 Å². The summed E-state index contributed by atoms with van der Waals surface area (Å²) < 4.78 is 6.17. The van der Waals surface area contributed by atoms with Gasteiger partial charge in [-0.05, 0) is 36.4 Å². The Balaban J connectivity index is 1.62. The fraction of sp³-hybridized carbons (Fsp3) is 0.304. The third-order valence-electron chi connectivity index (χ3n) is 6.38. The van der Waals surface area contributed by atoms with E-state index in [2.05, 4.69) is 15.6 Å². The van der Waals surface area contributed by atoms with Gasteiger partial charge in [-0.15, -0.1) is 0 Å². The number of carboxylic acids is 1. The third kappa shape index (κ3) is 4.06. The van der Waals surface area contributed by atoms with Gasteiger partial charge in [0.25, 0.3) is 0 Å². The van der Waals surface area contributed by atoms with E-state index in [1.54, 1.807) is 41.1 Å². The number of hydrogen-bond acceptors (Lipinski definition) is 9. The molecule has 2 aliphatic heterocycles. The number of rotatable bonds is 6. The minimum absolute atomic E-state index is 0.0511. The fourth-order valence-corrected chi connectivity index (χ4v) is 5.78. The molecule has 2 amide bonds. The van der Waals surface area contributed by atoms with Gasteiger partial charge in [0.2, 0.25) is 17.6 Å². The van der Waals surface area contributed by atoms with Crippen molar-refractivity contribution < 1.29 is 24.2 Å². The maximum Gasteiger partial charge on any atom is 0.335 e. The first kappa shape index (κ1) is 24.1. The molecule has 0 saturated carbocycles. The van der Waals surface area contributed by atoms with Crippen molar-refractivity contribution in [2.24, 2.45) is 11.7 Å². The Bertz CT molecular complexity index is 1380. The van der Waals surface area contributed by atoms with E-state index in [0.29, 0.717) is 53.3 Å². The summed E-state index contributed by atoms with van der Waals surface area (Å²) in [4.78, 5) is 46.1. The number of anilines is 3. The van der Waals surface area contributed by atoms with Crippen molar-refractivity contribution in [1.29, 1.82) is 0 Å². The number of nitrogens with zero attached hydrogens (tertiary/aromatic N) is 3. The lowest BCUT2D eigenvalue weighted by Gasteiger charge is -2.43. The van der Waals surface area contributed by atoms with Crippen LogP contribution in [0.1, 0.15) is 10.4 Å². The molecule has 3 heterocycles. The quantitative estimate of drug-likeness (QED) is 0.352. The molecule has 5 rings (SSSR count). The lowest BCUT2D eigenvalue weighted by Crippen LogP contribution is -2.68. The zero-order valence-electron chi connectivity index (χ0n) is 19.2. The van der Waals surface area contributed by atoms with Gasteiger partial charge in [0.1, 0.15) is 0 Å². The summed E-state index contributed by atoms with van der Waals surface area (Å²) in [6.45, 7) is 1.33. The molecule has 5 N–H and O–H groups in total. The Labute approximate surface area is 214 Å². The highest BCUT2D eigenvalue weighted by atomic mass is 35.5. The van der Waals surface area contributed by atoms with E-state index >= 15 is 0 Å². The number of benzene rings is 2. The predicted molar refractivity (Wildman–Crippen MR) is 136 cm³/mol. The Hall–Kier alpha value is -3.61. The smallest absolute Gasteiger partial charge is 0.335 e. The van der Waals surface area contributed by atoms with Crippen LogP contribution in [0.5, 0.6) is 0 Å². The van der Waals surface area contributed by atoms with E-state index in [9.17, 15) is 19.5 Å². The van der Waals surface area contributed by atoms with Gasteiger partial charge in [-0.2, -0.15) is 0 Å². The van der Waals surface area contributed by atoms with Gasteiger partial charge in [-0.1, -0.05) is 22.9 Å². The molecule has 1 fully saturated rings. The van der Waals surface area contributed by atoms with Gasteiger partial charge in [-0.25, -0.2) is 9.78 Å². The zero-order valence-corrected chi connectivity index (χ0v) is 20.7. The number of amides is 2. The van der Waals surface area contributed by atoms with Crippen molar-refractivity contribution in [2.45, 2.75) is 5.79 Å². The second-order valence-electron chi connectivity index (χ2n) is 8.52. The number of morpholine rings is 1. The highest BCUT2D eigenvalue weighted by Gasteiger charge is 2.56. The standard InChI is InChI=1S/C23H23ClN6O5S/c1-29-16-5-2-12(21(33)34)10-15(16)27-23(29,18(19(25)31)20(32)30-6-8-35-9-7-30)28-22-26-14-4-3-13(24)11-17(14)36-22/h2-5,10-11,18,27H,6-9H2,1H3,(H2,25,31)(H,26,28)(H,33,34). The van der Waals surface area contributed by atoms with E-state index in [4.69, 9.17) is 22.1 Å². The van der Waals surface area contributed by atoms with Crippen molar-refractivity contribution in [2.75, 3.05) is 48.9 Å². The first-order valence-electron chi connectivity index (χ1n) is 11.1. The number of carboxylic acid groups (broad SMARTS) is 1. The largest absolute Gasteiger partial charge is 0.478 e. The van der Waals surface area contributed by atoms with Crippen LogP contribution in [0.4, 0.5) is 16.5 Å². The Kier molecular flexibility index (Phi) is 6.10. The van der Waals surface area contributed by atoms with Gasteiger partial charge in [-0.3, -0.25) is 9.59 Å². The number of nitrogens with two attached hydrogens (primary N) is 1. The first-order valence-corrected chi connectivity index (χ1v) is 12.3. The van der Waals surface area contributed by atoms with Crippen molar-refractivity contribution in [3.05, 3.63) is 47.0 Å². The summed E-state index contributed by atoms with van der Waals surface area (Å²) in [6, 6.07) is 9.79. The number of primary amides is 1. The number of thiazole rings is 1. The predicted octanol–water partition coefficient (Wildman–Crippen LogP) is 2.24. The molecule has 13 heteroatoms. The number of aromatic carboxylic acids is 1. The average molecular weight is 531 g/mol. The summed E-state index contributed by atoms with van der Waals surface area (Å²) in [5.74, 6) is -5.41. The topological polar surface area (TPSA) is 150 Å². The molecule has 2 aromatic carbocycles. The Morgan fingerprint density at radius 3 is 2.69 bits per heavy atom. The molecule has 1 saturated heterocycles. The maximum atomic E-state index is 13.7. The highest BCUT2D eigenvalue weighted by molar-refractivity contribution is 7.22. The number of carbonyl (C=O) groups is 3. The van der Waals surface area contributed by atoms with Crippen LogP contribution in [0.25, 0.3) is 10.2 Å². The fourth-order valence-electron chi connectivity index (χ4n) is 4.58. The molecule has 2 aliphatic rings. The van der Waals surface area contributed by atoms with E-state index in [-0.39, 0.29) is 5.56 Å². The van der Waals surface area contributed by atoms with Crippen LogP contribution in [-0.4, -0.2) is 71.9 Å². The summed E-state index contributed by atoms with van der Waals surface area (Å²) in [5, 5.41) is 16.9. The highest BCUT2D eigenvalue weighted by Crippen LogP contribution is 2.44. The van der Waals surface area contributed by atoms with E-state index in [1.807, 2.05) is 0 Å². The molecule has 11 nitrogen and oxygen atoms in total. The second kappa shape index (κ2) is 9.12. The molecule has 0 bridgehead atoms. The molecule has 2 unspecified atom stereocenters. The van der Waals surface area contributed by atoms with Crippen LogP contribution in [0.3, 0.4) is 0 Å². The number of aromatic nitrogens is 1. The van der Waals surface area contributed by atoms with Crippen molar-refractivity contribution in [3.8, 4) is 0 Å². The van der Waals surface area contributed by atoms with E-state index in [1.165, 1.54) is 23.5 Å². The zero-order chi connectivity index (χ0) is 25.6. The van der Waals surface area contributed by atoms with Crippen LogP contribution >= 0.6 is 22.9 Å². The molecule has 36 heavy (non-hydrogen) atoms. The molecule has 1 aromatic heterocycles. The third-order valence-corrected chi connectivity index (χ3v) is 7.55.